The third kappa shape index (κ3) is 3.06. The smallest absolute Gasteiger partial charge is 0.250 e. The van der Waals surface area contributed by atoms with Crippen LogP contribution in [-0.4, -0.2) is 37.4 Å². The van der Waals surface area contributed by atoms with Crippen molar-refractivity contribution in [2.75, 3.05) is 26.4 Å². The normalized spacial score (nSPS) is 13.1. The summed E-state index contributed by atoms with van der Waals surface area (Å²) >= 11 is 0. The lowest BCUT2D eigenvalue weighted by Crippen LogP contribution is -2.30. The van der Waals surface area contributed by atoms with E-state index in [1.807, 2.05) is 25.1 Å². The van der Waals surface area contributed by atoms with E-state index in [4.69, 9.17) is 14.6 Å². The molecule has 0 unspecified atom stereocenters. The van der Waals surface area contributed by atoms with Crippen LogP contribution >= 0.6 is 0 Å². The second kappa shape index (κ2) is 6.24. The number of aliphatic hydroxyl groups is 1. The molecule has 1 aliphatic heterocycles. The molecule has 5 nitrogen and oxygen atoms in total. The van der Waals surface area contributed by atoms with Crippen molar-refractivity contribution in [2.24, 2.45) is 0 Å². The minimum atomic E-state index is -0.221. The Labute approximate surface area is 111 Å². The van der Waals surface area contributed by atoms with Crippen molar-refractivity contribution in [3.63, 3.8) is 0 Å². The molecule has 102 valence electrons. The van der Waals surface area contributed by atoms with Crippen LogP contribution in [0, 0.1) is 0 Å². The molecule has 2 rings (SSSR count). The van der Waals surface area contributed by atoms with Crippen LogP contribution in [0.3, 0.4) is 0 Å². The minimum Gasteiger partial charge on any atom is -0.490 e. The fourth-order valence-electron chi connectivity index (χ4n) is 1.86. The van der Waals surface area contributed by atoms with Crippen molar-refractivity contribution < 1.29 is 19.4 Å². The zero-order chi connectivity index (χ0) is 13.7. The van der Waals surface area contributed by atoms with E-state index < -0.39 is 0 Å². The Morgan fingerprint density at radius 1 is 1.53 bits per heavy atom. The molecule has 0 fully saturated rings. The van der Waals surface area contributed by atoms with Gasteiger partial charge in [-0.1, -0.05) is 12.1 Å². The maximum Gasteiger partial charge on any atom is 0.250 e. The van der Waals surface area contributed by atoms with E-state index >= 15 is 0 Å². The molecular weight excluding hydrogens is 246 g/mol. The summed E-state index contributed by atoms with van der Waals surface area (Å²) in [7, 11) is 0. The van der Waals surface area contributed by atoms with Crippen LogP contribution in [-0.2, 0) is 4.79 Å². The van der Waals surface area contributed by atoms with E-state index in [9.17, 15) is 4.79 Å². The van der Waals surface area contributed by atoms with Crippen LogP contribution in [0.2, 0.25) is 0 Å². The van der Waals surface area contributed by atoms with Crippen LogP contribution in [0.5, 0.6) is 11.5 Å². The lowest BCUT2D eigenvalue weighted by atomic mass is 10.1. The Morgan fingerprint density at radius 2 is 2.37 bits per heavy atom. The average molecular weight is 263 g/mol. The molecule has 0 aliphatic carbocycles. The zero-order valence-electron chi connectivity index (χ0n) is 10.8. The summed E-state index contributed by atoms with van der Waals surface area (Å²) < 4.78 is 11.1. The molecule has 2 N–H and O–H groups in total. The third-order valence-electron chi connectivity index (χ3n) is 2.70. The van der Waals surface area contributed by atoms with Crippen molar-refractivity contribution >= 4 is 12.0 Å². The number of benzene rings is 1. The average Bonchev–Trinajstić information content (AvgIpc) is 2.45. The molecule has 5 heteroatoms. The summed E-state index contributed by atoms with van der Waals surface area (Å²) in [5.41, 5.74) is 1.36. The first-order valence-corrected chi connectivity index (χ1v) is 6.24. The van der Waals surface area contributed by atoms with Crippen molar-refractivity contribution in [1.82, 2.24) is 5.32 Å². The van der Waals surface area contributed by atoms with Crippen molar-refractivity contribution in [3.8, 4) is 11.5 Å². The lowest BCUT2D eigenvalue weighted by molar-refractivity contribution is -0.117. The number of carbonyl (C=O) groups is 1. The molecule has 0 spiro atoms. The van der Waals surface area contributed by atoms with E-state index in [1.54, 1.807) is 6.08 Å². The molecule has 0 bridgehead atoms. The van der Waals surface area contributed by atoms with Gasteiger partial charge in [-0.05, 0) is 19.1 Å². The lowest BCUT2D eigenvalue weighted by Gasteiger charge is -2.20. The largest absolute Gasteiger partial charge is 0.490 e. The quantitative estimate of drug-likeness (QED) is 0.830. The Hall–Kier alpha value is -2.01. The summed E-state index contributed by atoms with van der Waals surface area (Å²) in [5, 5.41) is 11.3. The molecule has 0 aromatic heterocycles. The summed E-state index contributed by atoms with van der Waals surface area (Å²) in [6, 6.07) is 5.57. The first-order chi connectivity index (χ1) is 9.26. The number of fused-ring (bicyclic) bond motifs is 1. The maximum absolute atomic E-state index is 11.8. The van der Waals surface area contributed by atoms with Gasteiger partial charge in [0.2, 0.25) is 0 Å². The number of para-hydroxylation sites is 1. The van der Waals surface area contributed by atoms with Gasteiger partial charge in [0, 0.05) is 12.1 Å². The van der Waals surface area contributed by atoms with Gasteiger partial charge in [0.1, 0.15) is 6.61 Å². The van der Waals surface area contributed by atoms with Crippen LogP contribution in [0.1, 0.15) is 12.5 Å². The van der Waals surface area contributed by atoms with E-state index in [1.165, 1.54) is 0 Å². The first kappa shape index (κ1) is 13.4. The second-order valence-corrected chi connectivity index (χ2v) is 4.05. The van der Waals surface area contributed by atoms with Gasteiger partial charge in [-0.25, -0.2) is 0 Å². The topological polar surface area (TPSA) is 67.8 Å². The van der Waals surface area contributed by atoms with Gasteiger partial charge in [-0.15, -0.1) is 0 Å². The molecule has 1 aromatic carbocycles. The fourth-order valence-corrected chi connectivity index (χ4v) is 1.86. The van der Waals surface area contributed by atoms with Gasteiger partial charge in [-0.2, -0.15) is 0 Å². The number of rotatable bonds is 5. The number of ether oxygens (including phenoxy) is 2. The highest BCUT2D eigenvalue weighted by atomic mass is 16.5. The number of hydrogen-bond acceptors (Lipinski definition) is 4. The summed E-state index contributed by atoms with van der Waals surface area (Å²) in [6.45, 7) is 2.83. The van der Waals surface area contributed by atoms with E-state index in [2.05, 4.69) is 5.32 Å². The van der Waals surface area contributed by atoms with Crippen molar-refractivity contribution in [2.45, 2.75) is 6.92 Å². The summed E-state index contributed by atoms with van der Waals surface area (Å²) in [5.74, 6) is 1.13. The van der Waals surface area contributed by atoms with Crippen LogP contribution in [0.4, 0.5) is 0 Å². The highest BCUT2D eigenvalue weighted by Gasteiger charge is 2.19. The number of amides is 1. The Bertz CT molecular complexity index is 496. The molecule has 1 aromatic rings. The molecule has 0 atom stereocenters. The number of carbonyl (C=O) groups excluding carboxylic acids is 1. The predicted octanol–water partition coefficient (Wildman–Crippen LogP) is 0.970. The third-order valence-corrected chi connectivity index (χ3v) is 2.70. The standard InChI is InChI=1S/C14H17NO4/c1-2-18-12-5-3-4-10-8-11(9-19-13(10)12)14(17)15-6-7-16/h3-5,8,16H,2,6-7,9H2,1H3,(H,15,17). The van der Waals surface area contributed by atoms with Crippen molar-refractivity contribution in [1.29, 1.82) is 0 Å². The number of aliphatic hydroxyl groups excluding tert-OH is 1. The molecule has 1 heterocycles. The molecule has 1 amide bonds. The maximum atomic E-state index is 11.8. The fraction of sp³-hybridized carbons (Fsp3) is 0.357. The van der Waals surface area contributed by atoms with Crippen LogP contribution < -0.4 is 14.8 Å². The second-order valence-electron chi connectivity index (χ2n) is 4.05. The Kier molecular flexibility index (Phi) is 4.41. The Morgan fingerprint density at radius 3 is 3.11 bits per heavy atom. The SMILES string of the molecule is CCOc1cccc2c1OCC(C(=O)NCCO)=C2. The highest BCUT2D eigenvalue weighted by Crippen LogP contribution is 2.35. The summed E-state index contributed by atoms with van der Waals surface area (Å²) in [4.78, 5) is 11.8. The zero-order valence-corrected chi connectivity index (χ0v) is 10.8. The summed E-state index contributed by atoms with van der Waals surface area (Å²) in [6.07, 6.45) is 1.79. The molecule has 0 radical (unpaired) electrons. The van der Waals surface area contributed by atoms with Gasteiger partial charge >= 0.3 is 0 Å². The van der Waals surface area contributed by atoms with Gasteiger partial charge in [0.15, 0.2) is 11.5 Å². The van der Waals surface area contributed by atoms with Crippen molar-refractivity contribution in [3.05, 3.63) is 29.3 Å². The van der Waals surface area contributed by atoms with Crippen LogP contribution in [0.15, 0.2) is 23.8 Å². The van der Waals surface area contributed by atoms with E-state index in [0.717, 1.165) is 5.56 Å². The Balaban J connectivity index is 2.21. The van der Waals surface area contributed by atoms with Crippen LogP contribution in [0.25, 0.3) is 6.08 Å². The molecule has 0 saturated carbocycles. The van der Waals surface area contributed by atoms with Gasteiger partial charge < -0.3 is 19.9 Å². The number of nitrogens with one attached hydrogen (secondary N) is 1. The minimum absolute atomic E-state index is 0.0784. The molecule has 0 saturated heterocycles. The first-order valence-electron chi connectivity index (χ1n) is 6.24. The van der Waals surface area contributed by atoms with Gasteiger partial charge in [-0.3, -0.25) is 4.79 Å². The van der Waals surface area contributed by atoms with E-state index in [-0.39, 0.29) is 25.7 Å². The predicted molar refractivity (Wildman–Crippen MR) is 71.2 cm³/mol. The molecule has 1 aliphatic rings. The van der Waals surface area contributed by atoms with Gasteiger partial charge in [0.25, 0.3) is 5.91 Å². The highest BCUT2D eigenvalue weighted by molar-refractivity contribution is 5.99. The monoisotopic (exact) mass is 263 g/mol. The number of hydrogen-bond donors (Lipinski definition) is 2. The van der Waals surface area contributed by atoms with Gasteiger partial charge in [0.05, 0.1) is 18.8 Å². The van der Waals surface area contributed by atoms with E-state index in [0.29, 0.717) is 23.7 Å². The molecule has 19 heavy (non-hydrogen) atoms. The molecular formula is C14H17NO4.